The third-order valence-electron chi connectivity index (χ3n) is 4.51. The van der Waals surface area contributed by atoms with E-state index >= 15 is 0 Å². The molecule has 1 rings (SSSR count). The van der Waals surface area contributed by atoms with Gasteiger partial charge in [0.15, 0.2) is 0 Å². The first kappa shape index (κ1) is 27.8. The predicted molar refractivity (Wildman–Crippen MR) is 112 cm³/mol. The Labute approximate surface area is 180 Å². The first-order valence-electron chi connectivity index (χ1n) is 11.3. The van der Waals surface area contributed by atoms with Crippen LogP contribution in [0.4, 0.5) is 13.2 Å². The van der Waals surface area contributed by atoms with Crippen LogP contribution < -0.4 is 0 Å². The zero-order valence-electron chi connectivity index (χ0n) is 18.0. The molecule has 0 aromatic heterocycles. The van der Waals surface area contributed by atoms with Crippen LogP contribution in [0.2, 0.25) is 0 Å². The van der Waals surface area contributed by atoms with Crippen molar-refractivity contribution in [3.05, 3.63) is 0 Å². The fourth-order valence-corrected chi connectivity index (χ4v) is 2.79. The Kier molecular flexibility index (Phi) is 19.1. The fraction of sp³-hybridized carbons (Fsp3) is 1.00. The van der Waals surface area contributed by atoms with Crippen molar-refractivity contribution in [1.29, 1.82) is 0 Å². The molecule has 0 spiro atoms. The topological polar surface area (TPSA) is 55.4 Å². The largest absolute Gasteiger partial charge is 0.615 e. The maximum Gasteiger partial charge on any atom is 0.615 e. The highest BCUT2D eigenvalue weighted by molar-refractivity contribution is 6.66. The molecular formula is C18H36B3F3O6. The van der Waals surface area contributed by atoms with Crippen molar-refractivity contribution in [2.75, 3.05) is 39.8 Å². The van der Waals surface area contributed by atoms with Crippen molar-refractivity contribution < 1.29 is 40.8 Å². The minimum Gasteiger partial charge on any atom is -0.400 e. The average molecular weight is 438 g/mol. The lowest BCUT2D eigenvalue weighted by Crippen LogP contribution is -2.53. The van der Waals surface area contributed by atoms with E-state index in [-0.39, 0.29) is 20.0 Å². The van der Waals surface area contributed by atoms with Gasteiger partial charge in [-0.05, 0) is 38.5 Å². The van der Waals surface area contributed by atoms with E-state index in [1.165, 1.54) is 0 Å². The Bertz CT molecular complexity index is 322. The molecular weight excluding hydrogens is 402 g/mol. The van der Waals surface area contributed by atoms with Crippen molar-refractivity contribution in [2.45, 2.75) is 77.0 Å². The SMILES string of the molecule is FCCCCCCOB1OB(OCCCCCCF)OB(OCCCCCCF)O1. The summed E-state index contributed by atoms with van der Waals surface area (Å²) in [6, 6.07) is 0. The van der Waals surface area contributed by atoms with Gasteiger partial charge in [-0.1, -0.05) is 38.5 Å². The van der Waals surface area contributed by atoms with Crippen LogP contribution in [0.1, 0.15) is 77.0 Å². The van der Waals surface area contributed by atoms with Crippen LogP contribution in [0, 0.1) is 0 Å². The van der Waals surface area contributed by atoms with Gasteiger partial charge in [0.2, 0.25) is 0 Å². The van der Waals surface area contributed by atoms with Gasteiger partial charge in [-0.3, -0.25) is 13.2 Å². The van der Waals surface area contributed by atoms with Gasteiger partial charge in [-0.2, -0.15) is 0 Å². The molecule has 0 atom stereocenters. The molecule has 0 unspecified atom stereocenters. The van der Waals surface area contributed by atoms with E-state index in [1.54, 1.807) is 0 Å². The summed E-state index contributed by atoms with van der Waals surface area (Å²) in [5, 5.41) is 0. The maximum absolute atomic E-state index is 12.1. The van der Waals surface area contributed by atoms with E-state index in [0.29, 0.717) is 39.1 Å². The van der Waals surface area contributed by atoms with E-state index in [0.717, 1.165) is 57.8 Å². The number of rotatable bonds is 21. The Morgan fingerprint density at radius 2 is 0.667 bits per heavy atom. The summed E-state index contributed by atoms with van der Waals surface area (Å²) in [6.45, 7) is 0.320. The van der Waals surface area contributed by atoms with Gasteiger partial charge in [-0.15, -0.1) is 0 Å². The van der Waals surface area contributed by atoms with E-state index < -0.39 is 22.0 Å². The van der Waals surface area contributed by atoms with Gasteiger partial charge < -0.3 is 27.7 Å². The minimum absolute atomic E-state index is 0.299. The fourth-order valence-electron chi connectivity index (χ4n) is 2.79. The summed E-state index contributed by atoms with van der Waals surface area (Å²) in [4.78, 5) is 0. The summed E-state index contributed by atoms with van der Waals surface area (Å²) in [5.41, 5.74) is 0. The van der Waals surface area contributed by atoms with Gasteiger partial charge in [-0.25, -0.2) is 0 Å². The molecule has 12 heteroatoms. The normalized spacial score (nSPS) is 14.7. The molecule has 1 saturated heterocycles. The highest BCUT2D eigenvalue weighted by Crippen LogP contribution is 2.14. The van der Waals surface area contributed by atoms with Gasteiger partial charge in [0.1, 0.15) is 0 Å². The Morgan fingerprint density at radius 1 is 0.400 bits per heavy atom. The first-order valence-corrected chi connectivity index (χ1v) is 11.3. The van der Waals surface area contributed by atoms with E-state index in [2.05, 4.69) is 0 Å². The monoisotopic (exact) mass is 438 g/mol. The van der Waals surface area contributed by atoms with E-state index in [9.17, 15) is 13.2 Å². The molecule has 1 heterocycles. The van der Waals surface area contributed by atoms with Crippen LogP contribution >= 0.6 is 0 Å². The lowest BCUT2D eigenvalue weighted by molar-refractivity contribution is 0.0646. The molecule has 1 aliphatic rings. The smallest absolute Gasteiger partial charge is 0.400 e. The van der Waals surface area contributed by atoms with Crippen molar-refractivity contribution >= 4 is 22.0 Å². The second-order valence-electron chi connectivity index (χ2n) is 7.20. The number of hydrogen-bond acceptors (Lipinski definition) is 6. The predicted octanol–water partition coefficient (Wildman–Crippen LogP) is 4.64. The molecule has 0 aromatic carbocycles. The summed E-state index contributed by atoms with van der Waals surface area (Å²) < 4.78 is 69.6. The molecule has 1 fully saturated rings. The molecule has 6 nitrogen and oxygen atoms in total. The molecule has 30 heavy (non-hydrogen) atoms. The zero-order chi connectivity index (χ0) is 21.7. The second kappa shape index (κ2) is 20.6. The molecule has 0 amide bonds. The third kappa shape index (κ3) is 15.5. The van der Waals surface area contributed by atoms with Crippen molar-refractivity contribution in [1.82, 2.24) is 0 Å². The van der Waals surface area contributed by atoms with Crippen LogP contribution in [0.5, 0.6) is 0 Å². The van der Waals surface area contributed by atoms with Gasteiger partial charge in [0, 0.05) is 19.8 Å². The van der Waals surface area contributed by atoms with Crippen LogP contribution in [0.15, 0.2) is 0 Å². The average Bonchev–Trinajstić information content (AvgIpc) is 2.75. The quantitative estimate of drug-likeness (QED) is 0.192. The Hall–Kier alpha value is -0.255. The molecule has 174 valence electrons. The Balaban J connectivity index is 2.29. The zero-order valence-corrected chi connectivity index (χ0v) is 18.0. The van der Waals surface area contributed by atoms with Crippen LogP contribution in [0.3, 0.4) is 0 Å². The summed E-state index contributed by atoms with van der Waals surface area (Å²) in [7, 11) is -2.94. The van der Waals surface area contributed by atoms with Crippen molar-refractivity contribution in [2.24, 2.45) is 0 Å². The Morgan fingerprint density at radius 3 is 0.933 bits per heavy atom. The van der Waals surface area contributed by atoms with E-state index in [4.69, 9.17) is 27.7 Å². The third-order valence-corrected chi connectivity index (χ3v) is 4.51. The van der Waals surface area contributed by atoms with Gasteiger partial charge >= 0.3 is 22.0 Å². The first-order chi connectivity index (χ1) is 14.8. The van der Waals surface area contributed by atoms with Gasteiger partial charge in [0.05, 0.1) is 20.0 Å². The standard InChI is InChI=1S/C18H36B3F3O6/c22-13-7-1-4-10-16-25-19-28-20(26-17-11-5-2-8-14-23)30-21(29-19)27-18-12-6-3-9-15-24/h1-18H2. The highest BCUT2D eigenvalue weighted by Gasteiger charge is 2.46. The van der Waals surface area contributed by atoms with Crippen molar-refractivity contribution in [3.63, 3.8) is 0 Å². The lowest BCUT2D eigenvalue weighted by atomic mass is 9.96. The summed E-state index contributed by atoms with van der Waals surface area (Å²) >= 11 is 0. The van der Waals surface area contributed by atoms with Crippen LogP contribution in [-0.2, 0) is 27.7 Å². The summed E-state index contributed by atoms with van der Waals surface area (Å²) in [5.74, 6) is 0. The van der Waals surface area contributed by atoms with E-state index in [1.807, 2.05) is 0 Å². The number of hydrogen-bond donors (Lipinski definition) is 0. The minimum atomic E-state index is -0.979. The molecule has 0 N–H and O–H groups in total. The molecule has 1 aliphatic heterocycles. The summed E-state index contributed by atoms with van der Waals surface area (Å²) in [6.07, 6.45) is 9.04. The molecule has 0 bridgehead atoms. The van der Waals surface area contributed by atoms with Crippen LogP contribution in [-0.4, -0.2) is 61.8 Å². The number of halogens is 3. The maximum atomic E-state index is 12.1. The lowest BCUT2D eigenvalue weighted by Gasteiger charge is -2.28. The van der Waals surface area contributed by atoms with Crippen molar-refractivity contribution in [3.8, 4) is 0 Å². The number of unbranched alkanes of at least 4 members (excludes halogenated alkanes) is 9. The molecule has 0 radical (unpaired) electrons. The van der Waals surface area contributed by atoms with Gasteiger partial charge in [0.25, 0.3) is 0 Å². The highest BCUT2D eigenvalue weighted by atomic mass is 19.1. The second-order valence-corrected chi connectivity index (χ2v) is 7.20. The molecule has 0 aliphatic carbocycles. The number of alkyl halides is 3. The van der Waals surface area contributed by atoms with Crippen LogP contribution in [0.25, 0.3) is 0 Å². The molecule has 0 saturated carbocycles. The molecule has 0 aromatic rings.